The summed E-state index contributed by atoms with van der Waals surface area (Å²) in [5.41, 5.74) is 0.362. The molecule has 29 heavy (non-hydrogen) atoms. The number of aromatic nitrogens is 4. The Morgan fingerprint density at radius 3 is 2.48 bits per heavy atom. The van der Waals surface area contributed by atoms with Crippen molar-refractivity contribution in [3.05, 3.63) is 16.3 Å². The van der Waals surface area contributed by atoms with Crippen molar-refractivity contribution in [2.45, 2.75) is 102 Å². The fraction of sp³-hybridized carbons (Fsp3) is 0.773. The zero-order valence-corrected chi connectivity index (χ0v) is 17.9. The second-order valence-electron chi connectivity index (χ2n) is 9.75. The van der Waals surface area contributed by atoms with Gasteiger partial charge in [0, 0.05) is 24.5 Å². The summed E-state index contributed by atoms with van der Waals surface area (Å²) in [5.74, 6) is 2.96. The molecule has 0 aromatic rings. The van der Waals surface area contributed by atoms with Gasteiger partial charge < -0.3 is 10.4 Å². The Bertz CT molecular complexity index is 936. The van der Waals surface area contributed by atoms with Gasteiger partial charge in [-0.1, -0.05) is 27.2 Å². The molecule has 3 saturated carbocycles. The summed E-state index contributed by atoms with van der Waals surface area (Å²) in [6.07, 6.45) is 7.28. The number of aliphatic hydroxyl groups is 1. The van der Waals surface area contributed by atoms with Gasteiger partial charge >= 0.3 is 5.69 Å². The lowest BCUT2D eigenvalue weighted by molar-refractivity contribution is -0.0677. The highest BCUT2D eigenvalue weighted by Crippen LogP contribution is 2.53. The second-order valence-corrected chi connectivity index (χ2v) is 9.75. The SMILES string of the molecule is CCCn1c2nc(C34CCC(O)(CC3)CC4)nc-2c2n(c1=O)C[C@@H]([C@@H](C)CC)N2. The lowest BCUT2D eigenvalue weighted by atomic mass is 9.58. The van der Waals surface area contributed by atoms with Crippen LogP contribution in [-0.2, 0) is 18.5 Å². The van der Waals surface area contributed by atoms with E-state index in [0.29, 0.717) is 19.0 Å². The van der Waals surface area contributed by atoms with Crippen LogP contribution in [-0.4, -0.2) is 35.9 Å². The lowest BCUT2D eigenvalue weighted by Crippen LogP contribution is -2.48. The van der Waals surface area contributed by atoms with E-state index in [4.69, 9.17) is 9.97 Å². The Hall–Kier alpha value is -1.89. The maximum absolute atomic E-state index is 13.3. The van der Waals surface area contributed by atoms with Gasteiger partial charge in [-0.2, -0.15) is 0 Å². The summed E-state index contributed by atoms with van der Waals surface area (Å²) >= 11 is 0. The van der Waals surface area contributed by atoms with Gasteiger partial charge in [0.25, 0.3) is 0 Å². The molecule has 7 nitrogen and oxygen atoms in total. The first-order valence-corrected chi connectivity index (χ1v) is 11.4. The molecule has 0 radical (unpaired) electrons. The minimum Gasteiger partial charge on any atom is -0.390 e. The second kappa shape index (κ2) is 6.56. The Morgan fingerprint density at radius 1 is 1.17 bits per heavy atom. The van der Waals surface area contributed by atoms with Crippen LogP contribution in [0.5, 0.6) is 0 Å². The van der Waals surface area contributed by atoms with Crippen LogP contribution in [0.1, 0.15) is 78.0 Å². The average Bonchev–Trinajstić information content (AvgIpc) is 3.37. The van der Waals surface area contributed by atoms with Gasteiger partial charge in [-0.15, -0.1) is 0 Å². The van der Waals surface area contributed by atoms with E-state index in [9.17, 15) is 9.90 Å². The van der Waals surface area contributed by atoms with Gasteiger partial charge in [-0.25, -0.2) is 14.8 Å². The molecule has 6 aliphatic rings. The lowest BCUT2D eigenvalue weighted by Gasteiger charge is -2.49. The van der Waals surface area contributed by atoms with Crippen LogP contribution < -0.4 is 11.0 Å². The molecule has 0 aromatic carbocycles. The van der Waals surface area contributed by atoms with Crippen molar-refractivity contribution in [2.75, 3.05) is 5.32 Å². The van der Waals surface area contributed by atoms with Gasteiger partial charge in [0.05, 0.1) is 5.60 Å². The fourth-order valence-electron chi connectivity index (χ4n) is 5.64. The average molecular weight is 400 g/mol. The number of anilines is 1. The van der Waals surface area contributed by atoms with E-state index in [1.807, 2.05) is 9.13 Å². The summed E-state index contributed by atoms with van der Waals surface area (Å²) in [6, 6.07) is 0.256. The van der Waals surface area contributed by atoms with E-state index in [2.05, 4.69) is 26.1 Å². The number of rotatable bonds is 5. The van der Waals surface area contributed by atoms with Crippen LogP contribution in [0.2, 0.25) is 0 Å². The van der Waals surface area contributed by atoms with E-state index in [0.717, 1.165) is 74.5 Å². The van der Waals surface area contributed by atoms with Crippen molar-refractivity contribution >= 4 is 5.82 Å². The third-order valence-electron chi connectivity index (χ3n) is 8.01. The van der Waals surface area contributed by atoms with Crippen molar-refractivity contribution in [2.24, 2.45) is 5.92 Å². The molecular formula is C22H33N5O2. The highest BCUT2D eigenvalue weighted by molar-refractivity contribution is 5.70. The van der Waals surface area contributed by atoms with Crippen LogP contribution in [0.4, 0.5) is 5.82 Å². The van der Waals surface area contributed by atoms with E-state index < -0.39 is 5.60 Å². The molecule has 0 saturated heterocycles. The van der Waals surface area contributed by atoms with Gasteiger partial charge in [0.2, 0.25) is 0 Å². The quantitative estimate of drug-likeness (QED) is 0.807. The zero-order valence-electron chi connectivity index (χ0n) is 17.9. The number of hydrogen-bond acceptors (Lipinski definition) is 5. The molecular weight excluding hydrogens is 366 g/mol. The van der Waals surface area contributed by atoms with Crippen LogP contribution in [0.3, 0.4) is 0 Å². The van der Waals surface area contributed by atoms with Crippen molar-refractivity contribution in [3.8, 4) is 11.5 Å². The third kappa shape index (κ3) is 2.76. The maximum Gasteiger partial charge on any atom is 0.331 e. The molecule has 0 amide bonds. The molecule has 158 valence electrons. The molecule has 2 bridgehead atoms. The first-order valence-electron chi connectivity index (χ1n) is 11.4. The predicted octanol–water partition coefficient (Wildman–Crippen LogP) is 3.13. The number of hydrogen-bond donors (Lipinski definition) is 2. The Labute approximate surface area is 171 Å². The highest BCUT2D eigenvalue weighted by atomic mass is 16.3. The normalized spacial score (nSPS) is 31.8. The van der Waals surface area contributed by atoms with E-state index in [-0.39, 0.29) is 17.1 Å². The smallest absolute Gasteiger partial charge is 0.331 e. The molecule has 0 unspecified atom stereocenters. The monoisotopic (exact) mass is 399 g/mol. The Kier molecular flexibility index (Phi) is 4.32. The largest absolute Gasteiger partial charge is 0.390 e. The maximum atomic E-state index is 13.3. The Balaban J connectivity index is 1.63. The summed E-state index contributed by atoms with van der Waals surface area (Å²) < 4.78 is 3.71. The molecule has 3 fully saturated rings. The molecule has 3 aliphatic heterocycles. The van der Waals surface area contributed by atoms with Crippen molar-refractivity contribution in [1.82, 2.24) is 19.1 Å². The highest BCUT2D eigenvalue weighted by Gasteiger charge is 2.51. The molecule has 3 aliphatic carbocycles. The summed E-state index contributed by atoms with van der Waals surface area (Å²) in [4.78, 5) is 23.3. The van der Waals surface area contributed by atoms with Gasteiger partial charge in [-0.05, 0) is 50.9 Å². The molecule has 6 rings (SSSR count). The summed E-state index contributed by atoms with van der Waals surface area (Å²) in [5, 5.41) is 14.2. The van der Waals surface area contributed by atoms with E-state index in [1.165, 1.54) is 0 Å². The summed E-state index contributed by atoms with van der Waals surface area (Å²) in [6.45, 7) is 7.88. The minimum absolute atomic E-state index is 0.0262. The number of nitrogens with one attached hydrogen (secondary N) is 1. The predicted molar refractivity (Wildman–Crippen MR) is 112 cm³/mol. The van der Waals surface area contributed by atoms with Crippen LogP contribution in [0, 0.1) is 5.92 Å². The topological polar surface area (TPSA) is 85.0 Å². The molecule has 3 heterocycles. The first kappa shape index (κ1) is 19.1. The standard InChI is InChI=1S/C22H33N5O2/c1-4-12-26-18-16(17-23-15(14(3)5-2)13-27(17)20(26)28)24-19(25-18)21-6-9-22(29,10-7-21)11-8-21/h14-15,23,29H,4-13H2,1-3H3/t14-,15-,21?,22?/m0/s1. The van der Waals surface area contributed by atoms with Crippen molar-refractivity contribution < 1.29 is 5.11 Å². The minimum atomic E-state index is -0.472. The van der Waals surface area contributed by atoms with Gasteiger partial charge in [-0.3, -0.25) is 9.13 Å². The number of fused-ring (bicyclic) bond motifs is 6. The summed E-state index contributed by atoms with van der Waals surface area (Å²) in [7, 11) is 0. The van der Waals surface area contributed by atoms with E-state index >= 15 is 0 Å². The van der Waals surface area contributed by atoms with Crippen LogP contribution >= 0.6 is 0 Å². The molecule has 7 heteroatoms. The van der Waals surface area contributed by atoms with E-state index in [1.54, 1.807) is 0 Å². The first-order chi connectivity index (χ1) is 13.9. The fourth-order valence-corrected chi connectivity index (χ4v) is 5.64. The van der Waals surface area contributed by atoms with Gasteiger partial charge in [0.1, 0.15) is 17.3 Å². The van der Waals surface area contributed by atoms with Crippen LogP contribution in [0.25, 0.3) is 11.5 Å². The van der Waals surface area contributed by atoms with Crippen molar-refractivity contribution in [3.63, 3.8) is 0 Å². The van der Waals surface area contributed by atoms with Crippen molar-refractivity contribution in [1.29, 1.82) is 0 Å². The van der Waals surface area contributed by atoms with Crippen LogP contribution in [0.15, 0.2) is 4.79 Å². The molecule has 2 N–H and O–H groups in total. The molecule has 0 aromatic heterocycles. The zero-order chi connectivity index (χ0) is 20.4. The molecule has 0 spiro atoms. The Morgan fingerprint density at radius 2 is 1.86 bits per heavy atom. The molecule has 2 atom stereocenters. The number of imidazole rings is 1. The number of nitrogens with zero attached hydrogens (tertiary/aromatic N) is 4. The third-order valence-corrected chi connectivity index (χ3v) is 8.01. The van der Waals surface area contributed by atoms with Gasteiger partial charge in [0.15, 0.2) is 5.82 Å².